The quantitative estimate of drug-likeness (QED) is 0.207. The van der Waals surface area contributed by atoms with Gasteiger partial charge >= 0.3 is 11.9 Å². The second kappa shape index (κ2) is 12.2. The zero-order valence-corrected chi connectivity index (χ0v) is 20.0. The SMILES string of the molecule is Cc1c(C(=O)O)cccc1C(=O)O.OCc1ccc2ccccc2c1O.Oc1cccc2ccccc12. The molecule has 0 amide bonds. The highest BCUT2D eigenvalue weighted by Crippen LogP contribution is 2.28. The summed E-state index contributed by atoms with van der Waals surface area (Å²) >= 11 is 0. The number of phenols is 2. The van der Waals surface area contributed by atoms with Crippen LogP contribution in [0.5, 0.6) is 11.5 Å². The van der Waals surface area contributed by atoms with Gasteiger partial charge in [-0.15, -0.1) is 0 Å². The molecular formula is C30H26O7. The van der Waals surface area contributed by atoms with Gasteiger partial charge in [-0.3, -0.25) is 0 Å². The summed E-state index contributed by atoms with van der Waals surface area (Å²) in [4.78, 5) is 21.2. The van der Waals surface area contributed by atoms with Crippen molar-refractivity contribution in [3.63, 3.8) is 0 Å². The Morgan fingerprint density at radius 1 is 0.622 bits per heavy atom. The van der Waals surface area contributed by atoms with Crippen LogP contribution < -0.4 is 0 Å². The molecule has 0 atom stereocenters. The number of carboxylic acid groups (broad SMARTS) is 2. The lowest BCUT2D eigenvalue weighted by Crippen LogP contribution is -2.06. The largest absolute Gasteiger partial charge is 0.507 e. The third-order valence-corrected chi connectivity index (χ3v) is 5.72. The van der Waals surface area contributed by atoms with Crippen molar-refractivity contribution in [3.8, 4) is 11.5 Å². The number of aliphatic hydroxyl groups excluding tert-OH is 1. The van der Waals surface area contributed by atoms with Gasteiger partial charge in [0.05, 0.1) is 17.7 Å². The Labute approximate surface area is 213 Å². The number of aliphatic hydroxyl groups is 1. The van der Waals surface area contributed by atoms with E-state index in [1.54, 1.807) is 12.1 Å². The molecule has 5 aromatic rings. The number of hydrogen-bond acceptors (Lipinski definition) is 5. The average Bonchev–Trinajstić information content (AvgIpc) is 2.90. The molecule has 5 aromatic carbocycles. The molecule has 0 aromatic heterocycles. The predicted molar refractivity (Wildman–Crippen MR) is 142 cm³/mol. The minimum atomic E-state index is -1.11. The third kappa shape index (κ3) is 6.42. The Balaban J connectivity index is 0.000000155. The Hall–Kier alpha value is -4.88. The molecule has 0 radical (unpaired) electrons. The number of carbonyl (C=O) groups is 2. The van der Waals surface area contributed by atoms with Gasteiger partial charge in [0.2, 0.25) is 0 Å². The van der Waals surface area contributed by atoms with Crippen LogP contribution in [0.3, 0.4) is 0 Å². The van der Waals surface area contributed by atoms with E-state index in [9.17, 15) is 19.8 Å². The first-order valence-electron chi connectivity index (χ1n) is 11.3. The molecule has 0 saturated heterocycles. The summed E-state index contributed by atoms with van der Waals surface area (Å²) in [5.74, 6) is -1.69. The van der Waals surface area contributed by atoms with Gasteiger partial charge in [-0.2, -0.15) is 0 Å². The van der Waals surface area contributed by atoms with Gasteiger partial charge in [-0.25, -0.2) is 9.59 Å². The van der Waals surface area contributed by atoms with Crippen molar-refractivity contribution in [2.75, 3.05) is 0 Å². The first-order chi connectivity index (χ1) is 17.7. The van der Waals surface area contributed by atoms with Crippen molar-refractivity contribution in [1.29, 1.82) is 0 Å². The Kier molecular flexibility index (Phi) is 8.81. The lowest BCUT2D eigenvalue weighted by atomic mass is 10.0. The summed E-state index contributed by atoms with van der Waals surface area (Å²) in [7, 11) is 0. The standard InChI is InChI=1S/C11H10O2.C10H8O.C9H8O4/c12-7-9-6-5-8-3-1-2-4-10(8)11(9)13;11-10-7-3-5-8-4-1-2-6-9(8)10;1-5-6(8(10)11)3-2-4-7(5)9(12)13/h1-6,12-13H,7H2;1-7,11H;2-4H,1H3,(H,10,11)(H,12,13). The molecule has 5 rings (SSSR count). The second-order valence-corrected chi connectivity index (χ2v) is 8.04. The highest BCUT2D eigenvalue weighted by Gasteiger charge is 2.13. The van der Waals surface area contributed by atoms with E-state index in [-0.39, 0.29) is 29.0 Å². The minimum absolute atomic E-state index is 0.0277. The first kappa shape index (κ1) is 26.7. The monoisotopic (exact) mass is 498 g/mol. The molecule has 7 heteroatoms. The van der Waals surface area contributed by atoms with Gasteiger partial charge in [-0.1, -0.05) is 78.9 Å². The van der Waals surface area contributed by atoms with Crippen molar-refractivity contribution in [1.82, 2.24) is 0 Å². The Morgan fingerprint density at radius 2 is 1.11 bits per heavy atom. The fourth-order valence-electron chi connectivity index (χ4n) is 3.74. The molecule has 0 unspecified atom stereocenters. The molecule has 0 saturated carbocycles. The predicted octanol–water partition coefficient (Wildman–Crippen LogP) is 5.97. The van der Waals surface area contributed by atoms with E-state index < -0.39 is 11.9 Å². The molecule has 0 bridgehead atoms. The Morgan fingerprint density at radius 3 is 1.65 bits per heavy atom. The molecule has 7 nitrogen and oxygen atoms in total. The van der Waals surface area contributed by atoms with Gasteiger partial charge in [0.25, 0.3) is 0 Å². The summed E-state index contributed by atoms with van der Waals surface area (Å²) in [5, 5.41) is 49.1. The zero-order chi connectivity index (χ0) is 26.9. The summed E-state index contributed by atoms with van der Waals surface area (Å²) in [5.41, 5.74) is 0.904. The van der Waals surface area contributed by atoms with Crippen molar-refractivity contribution in [2.45, 2.75) is 13.5 Å². The zero-order valence-electron chi connectivity index (χ0n) is 20.0. The van der Waals surface area contributed by atoms with Crippen LogP contribution in [0.4, 0.5) is 0 Å². The van der Waals surface area contributed by atoms with Crippen molar-refractivity contribution in [2.24, 2.45) is 0 Å². The topological polar surface area (TPSA) is 135 Å². The van der Waals surface area contributed by atoms with Crippen LogP contribution in [0, 0.1) is 6.92 Å². The van der Waals surface area contributed by atoms with E-state index in [0.29, 0.717) is 11.3 Å². The van der Waals surface area contributed by atoms with Crippen molar-refractivity contribution < 1.29 is 35.1 Å². The number of fused-ring (bicyclic) bond motifs is 2. The molecule has 0 aliphatic rings. The maximum Gasteiger partial charge on any atom is 0.335 e. The molecule has 5 N–H and O–H groups in total. The van der Waals surface area contributed by atoms with Crippen LogP contribution in [0.1, 0.15) is 31.8 Å². The molecule has 0 aliphatic heterocycles. The van der Waals surface area contributed by atoms with E-state index >= 15 is 0 Å². The molecule has 0 spiro atoms. The Bertz CT molecular complexity index is 1520. The number of aromatic carboxylic acids is 2. The summed E-state index contributed by atoms with van der Waals surface area (Å²) < 4.78 is 0. The average molecular weight is 499 g/mol. The lowest BCUT2D eigenvalue weighted by Gasteiger charge is -2.04. The molecule has 37 heavy (non-hydrogen) atoms. The van der Waals surface area contributed by atoms with E-state index in [1.807, 2.05) is 66.7 Å². The maximum atomic E-state index is 10.6. The van der Waals surface area contributed by atoms with E-state index in [2.05, 4.69) is 0 Å². The van der Waals surface area contributed by atoms with Crippen LogP contribution in [-0.2, 0) is 6.61 Å². The minimum Gasteiger partial charge on any atom is -0.507 e. The highest BCUT2D eigenvalue weighted by molar-refractivity contribution is 5.96. The molecule has 0 heterocycles. The summed E-state index contributed by atoms with van der Waals surface area (Å²) in [6.07, 6.45) is 0. The number of phenolic OH excluding ortho intramolecular Hbond substituents is 1. The van der Waals surface area contributed by atoms with Crippen molar-refractivity contribution in [3.05, 3.63) is 119 Å². The van der Waals surface area contributed by atoms with Crippen LogP contribution in [0.2, 0.25) is 0 Å². The number of aromatic hydroxyl groups is 2. The fourth-order valence-corrected chi connectivity index (χ4v) is 3.74. The van der Waals surface area contributed by atoms with Gasteiger partial charge in [0.1, 0.15) is 11.5 Å². The van der Waals surface area contributed by atoms with Gasteiger partial charge in [0.15, 0.2) is 0 Å². The molecule has 0 aliphatic carbocycles. The fraction of sp³-hybridized carbons (Fsp3) is 0.0667. The number of hydrogen-bond donors (Lipinski definition) is 5. The third-order valence-electron chi connectivity index (χ3n) is 5.72. The second-order valence-electron chi connectivity index (χ2n) is 8.04. The first-order valence-corrected chi connectivity index (χ1v) is 11.3. The highest BCUT2D eigenvalue weighted by atomic mass is 16.4. The van der Waals surface area contributed by atoms with Crippen LogP contribution in [0.15, 0.2) is 97.1 Å². The normalized spacial score (nSPS) is 10.1. The number of rotatable bonds is 3. The lowest BCUT2D eigenvalue weighted by molar-refractivity contribution is 0.0696. The van der Waals surface area contributed by atoms with E-state index in [1.165, 1.54) is 25.1 Å². The van der Waals surface area contributed by atoms with Crippen LogP contribution in [-0.4, -0.2) is 37.5 Å². The van der Waals surface area contributed by atoms with Crippen LogP contribution in [0.25, 0.3) is 21.5 Å². The molecule has 188 valence electrons. The smallest absolute Gasteiger partial charge is 0.335 e. The van der Waals surface area contributed by atoms with Crippen LogP contribution >= 0.6 is 0 Å². The number of benzene rings is 5. The summed E-state index contributed by atoms with van der Waals surface area (Å²) in [6.45, 7) is 1.35. The van der Waals surface area contributed by atoms with Gasteiger partial charge in [0, 0.05) is 16.3 Å². The summed E-state index contributed by atoms with van der Waals surface area (Å²) in [6, 6.07) is 28.6. The maximum absolute atomic E-state index is 10.6. The molecule has 0 fully saturated rings. The van der Waals surface area contributed by atoms with E-state index in [4.69, 9.17) is 15.3 Å². The number of carboxylic acids is 2. The molecular weight excluding hydrogens is 472 g/mol. The van der Waals surface area contributed by atoms with Gasteiger partial charge < -0.3 is 25.5 Å². The van der Waals surface area contributed by atoms with Crippen molar-refractivity contribution >= 4 is 33.5 Å². The van der Waals surface area contributed by atoms with E-state index in [0.717, 1.165) is 21.5 Å². The van der Waals surface area contributed by atoms with Gasteiger partial charge in [-0.05, 0) is 41.5 Å².